The second kappa shape index (κ2) is 6.44. The average Bonchev–Trinajstić information content (AvgIpc) is 2.85. The van der Waals surface area contributed by atoms with E-state index in [1.54, 1.807) is 6.92 Å². The highest BCUT2D eigenvalue weighted by Gasteiger charge is 2.26. The summed E-state index contributed by atoms with van der Waals surface area (Å²) in [4.78, 5) is 31.3. The summed E-state index contributed by atoms with van der Waals surface area (Å²) >= 11 is 1.47. The Labute approximate surface area is 149 Å². The van der Waals surface area contributed by atoms with E-state index in [0.29, 0.717) is 22.5 Å². The van der Waals surface area contributed by atoms with Gasteiger partial charge in [-0.05, 0) is 32.8 Å². The Morgan fingerprint density at radius 2 is 1.88 bits per heavy atom. The van der Waals surface area contributed by atoms with Crippen LogP contribution in [0.5, 0.6) is 0 Å². The maximum Gasteiger partial charge on any atom is 0.326 e. The Morgan fingerprint density at radius 1 is 1.24 bits per heavy atom. The molecule has 3 rings (SSSR count). The molecule has 0 saturated heterocycles. The van der Waals surface area contributed by atoms with Crippen LogP contribution in [-0.4, -0.2) is 20.6 Å². The lowest BCUT2D eigenvalue weighted by molar-refractivity contribution is -0.141. The second-order valence-corrected chi connectivity index (χ2v) is 7.41. The first-order valence-corrected chi connectivity index (χ1v) is 8.98. The molecule has 3 aromatic rings. The first kappa shape index (κ1) is 17.4. The number of carbonyl (C=O) groups is 1. The monoisotopic (exact) mass is 356 g/mol. The standard InChI is InChI=1S/C19H20N2O3S/c1-5-14(19(23)24)21-16(13-8-6-10(2)7-9-13)20-17-15(18(21)22)11(3)12(4)25-17/h6-9,14H,5H2,1-4H3,(H,23,24). The fourth-order valence-electron chi connectivity index (χ4n) is 2.97. The van der Waals surface area contributed by atoms with Crippen LogP contribution in [-0.2, 0) is 4.79 Å². The minimum absolute atomic E-state index is 0.281. The van der Waals surface area contributed by atoms with Gasteiger partial charge in [-0.1, -0.05) is 36.8 Å². The highest BCUT2D eigenvalue weighted by molar-refractivity contribution is 7.18. The van der Waals surface area contributed by atoms with Crippen LogP contribution in [0.1, 0.15) is 35.4 Å². The Hall–Kier alpha value is -2.47. The molecule has 2 aromatic heterocycles. The number of fused-ring (bicyclic) bond motifs is 1. The van der Waals surface area contributed by atoms with E-state index in [9.17, 15) is 14.7 Å². The molecular weight excluding hydrogens is 336 g/mol. The smallest absolute Gasteiger partial charge is 0.326 e. The third-order valence-electron chi connectivity index (χ3n) is 4.53. The van der Waals surface area contributed by atoms with E-state index in [2.05, 4.69) is 4.98 Å². The van der Waals surface area contributed by atoms with Crippen LogP contribution in [0.25, 0.3) is 21.6 Å². The Kier molecular flexibility index (Phi) is 4.47. The summed E-state index contributed by atoms with van der Waals surface area (Å²) in [6.07, 6.45) is 0.309. The van der Waals surface area contributed by atoms with Crippen molar-refractivity contribution in [2.24, 2.45) is 0 Å². The molecule has 0 aliphatic rings. The molecule has 0 saturated carbocycles. The molecule has 130 valence electrons. The van der Waals surface area contributed by atoms with Gasteiger partial charge in [0.15, 0.2) is 0 Å². The number of aryl methyl sites for hydroxylation is 3. The minimum Gasteiger partial charge on any atom is -0.480 e. The van der Waals surface area contributed by atoms with Gasteiger partial charge in [0.2, 0.25) is 0 Å². The van der Waals surface area contributed by atoms with E-state index in [0.717, 1.165) is 21.6 Å². The van der Waals surface area contributed by atoms with Crippen molar-refractivity contribution in [2.45, 2.75) is 40.2 Å². The molecule has 0 aliphatic carbocycles. The Balaban J connectivity index is 2.43. The van der Waals surface area contributed by atoms with E-state index in [1.807, 2.05) is 45.0 Å². The molecule has 1 aromatic carbocycles. The van der Waals surface area contributed by atoms with Gasteiger partial charge in [-0.15, -0.1) is 11.3 Å². The number of thiophene rings is 1. The highest BCUT2D eigenvalue weighted by atomic mass is 32.1. The maximum atomic E-state index is 13.2. The molecule has 0 bridgehead atoms. The predicted octanol–water partition coefficient (Wildman–Crippen LogP) is 4.09. The Morgan fingerprint density at radius 3 is 2.44 bits per heavy atom. The zero-order valence-electron chi connectivity index (χ0n) is 14.7. The largest absolute Gasteiger partial charge is 0.480 e. The molecule has 0 amide bonds. The van der Waals surface area contributed by atoms with Gasteiger partial charge in [0.25, 0.3) is 5.56 Å². The van der Waals surface area contributed by atoms with Crippen LogP contribution in [0.15, 0.2) is 29.1 Å². The lowest BCUT2D eigenvalue weighted by Crippen LogP contribution is -2.31. The topological polar surface area (TPSA) is 72.2 Å². The molecule has 1 atom stereocenters. The molecule has 0 fully saturated rings. The van der Waals surface area contributed by atoms with Crippen LogP contribution >= 0.6 is 11.3 Å². The summed E-state index contributed by atoms with van der Waals surface area (Å²) < 4.78 is 1.34. The summed E-state index contributed by atoms with van der Waals surface area (Å²) in [5.41, 5.74) is 2.43. The van der Waals surface area contributed by atoms with Gasteiger partial charge < -0.3 is 5.11 Å². The molecule has 6 heteroatoms. The predicted molar refractivity (Wildman–Crippen MR) is 100 cm³/mol. The van der Waals surface area contributed by atoms with Crippen LogP contribution in [0.2, 0.25) is 0 Å². The molecular formula is C19H20N2O3S. The normalized spacial score (nSPS) is 12.5. The SMILES string of the molecule is CCC(C(=O)O)n1c(-c2ccc(C)cc2)nc2sc(C)c(C)c2c1=O. The van der Waals surface area contributed by atoms with Crippen molar-refractivity contribution in [3.05, 3.63) is 50.6 Å². The van der Waals surface area contributed by atoms with E-state index in [-0.39, 0.29) is 5.56 Å². The van der Waals surface area contributed by atoms with E-state index in [4.69, 9.17) is 0 Å². The zero-order chi connectivity index (χ0) is 18.3. The second-order valence-electron chi connectivity index (χ2n) is 6.20. The third-order valence-corrected chi connectivity index (χ3v) is 5.63. The first-order chi connectivity index (χ1) is 11.8. The number of hydrogen-bond donors (Lipinski definition) is 1. The number of carboxylic acid groups (broad SMARTS) is 1. The first-order valence-electron chi connectivity index (χ1n) is 8.17. The molecule has 2 heterocycles. The number of aliphatic carboxylic acids is 1. The van der Waals surface area contributed by atoms with E-state index in [1.165, 1.54) is 15.9 Å². The van der Waals surface area contributed by atoms with Crippen LogP contribution in [0.3, 0.4) is 0 Å². The van der Waals surface area contributed by atoms with Gasteiger partial charge >= 0.3 is 5.97 Å². The van der Waals surface area contributed by atoms with Crippen LogP contribution < -0.4 is 5.56 Å². The molecule has 1 N–H and O–H groups in total. The summed E-state index contributed by atoms with van der Waals surface area (Å²) in [7, 11) is 0. The quantitative estimate of drug-likeness (QED) is 0.764. The fraction of sp³-hybridized carbons (Fsp3) is 0.316. The van der Waals surface area contributed by atoms with Crippen molar-refractivity contribution in [1.29, 1.82) is 0 Å². The minimum atomic E-state index is -1.02. The molecule has 0 spiro atoms. The summed E-state index contributed by atoms with van der Waals surface area (Å²) in [5.74, 6) is -0.614. The highest BCUT2D eigenvalue weighted by Crippen LogP contribution is 2.30. The van der Waals surface area contributed by atoms with Crippen LogP contribution in [0, 0.1) is 20.8 Å². The van der Waals surface area contributed by atoms with Gasteiger partial charge in [-0.2, -0.15) is 0 Å². The van der Waals surface area contributed by atoms with Crippen molar-refractivity contribution in [1.82, 2.24) is 9.55 Å². The van der Waals surface area contributed by atoms with Gasteiger partial charge in [0, 0.05) is 10.4 Å². The summed E-state index contributed by atoms with van der Waals surface area (Å²) in [6.45, 7) is 7.58. The summed E-state index contributed by atoms with van der Waals surface area (Å²) in [5, 5.41) is 10.2. The maximum absolute atomic E-state index is 13.2. The Bertz CT molecular complexity index is 1020. The number of nitrogens with zero attached hydrogens (tertiary/aromatic N) is 2. The lowest BCUT2D eigenvalue weighted by atomic mass is 10.1. The van der Waals surface area contributed by atoms with Gasteiger partial charge in [-0.25, -0.2) is 9.78 Å². The van der Waals surface area contributed by atoms with Gasteiger partial charge in [0.1, 0.15) is 16.7 Å². The fourth-order valence-corrected chi connectivity index (χ4v) is 3.99. The molecule has 25 heavy (non-hydrogen) atoms. The average molecular weight is 356 g/mol. The van der Waals surface area contributed by atoms with Crippen molar-refractivity contribution in [3.8, 4) is 11.4 Å². The van der Waals surface area contributed by atoms with E-state index < -0.39 is 12.0 Å². The molecule has 0 aliphatic heterocycles. The van der Waals surface area contributed by atoms with Gasteiger partial charge in [0.05, 0.1) is 5.39 Å². The summed E-state index contributed by atoms with van der Waals surface area (Å²) in [6, 6.07) is 6.67. The molecule has 0 radical (unpaired) electrons. The number of aromatic nitrogens is 2. The lowest BCUT2D eigenvalue weighted by Gasteiger charge is -2.18. The number of rotatable bonds is 4. The number of hydrogen-bond acceptors (Lipinski definition) is 4. The number of carboxylic acids is 1. The number of benzene rings is 1. The van der Waals surface area contributed by atoms with Crippen molar-refractivity contribution < 1.29 is 9.90 Å². The van der Waals surface area contributed by atoms with Gasteiger partial charge in [-0.3, -0.25) is 9.36 Å². The molecule has 1 unspecified atom stereocenters. The zero-order valence-corrected chi connectivity index (χ0v) is 15.5. The third kappa shape index (κ3) is 2.87. The van der Waals surface area contributed by atoms with Crippen LogP contribution in [0.4, 0.5) is 0 Å². The molecule has 5 nitrogen and oxygen atoms in total. The van der Waals surface area contributed by atoms with Crippen molar-refractivity contribution in [3.63, 3.8) is 0 Å². The van der Waals surface area contributed by atoms with E-state index >= 15 is 0 Å². The van der Waals surface area contributed by atoms with Crippen molar-refractivity contribution >= 4 is 27.5 Å². The van der Waals surface area contributed by atoms with Crippen molar-refractivity contribution in [2.75, 3.05) is 0 Å².